The van der Waals surface area contributed by atoms with E-state index < -0.39 is 0 Å². The van der Waals surface area contributed by atoms with Crippen molar-refractivity contribution in [3.63, 3.8) is 0 Å². The number of aromatic nitrogens is 5. The number of aromatic hydroxyl groups is 4. The average Bonchev–Trinajstić information content (AvgIpc) is 3.65. The molecule has 0 radical (unpaired) electrons. The van der Waals surface area contributed by atoms with E-state index >= 15 is 0 Å². The minimum Gasteiger partial charge on any atom is -0.508 e. The average molecular weight is 825 g/mol. The van der Waals surface area contributed by atoms with Crippen molar-refractivity contribution in [3.8, 4) is 40.3 Å². The largest absolute Gasteiger partial charge is 0.508 e. The Bertz CT molecular complexity index is 2620. The van der Waals surface area contributed by atoms with Crippen LogP contribution in [0.3, 0.4) is 0 Å². The molecule has 0 spiro atoms. The molecule has 16 nitrogen and oxygen atoms in total. The van der Waals surface area contributed by atoms with Crippen LogP contribution in [0.15, 0.2) is 85.5 Å². The number of hydrogen-bond donors (Lipinski definition) is 6. The van der Waals surface area contributed by atoms with Gasteiger partial charge < -0.3 is 45.8 Å². The number of carbonyl (C=O) groups excluding carboxylic acids is 2. The molecule has 0 bridgehead atoms. The molecule has 4 aromatic carbocycles. The summed E-state index contributed by atoms with van der Waals surface area (Å²) >= 11 is 0. The SMILES string of the molecule is C=CC(=O)N1CCN(c2nc(NCCC(=O)NCc3ccc(-n4c(O)nnc4-c4cc(C(C)C)c(O)cc4O)cc3)nc3c2CCN(c2cc(O)cc4ccccc24)C3)CC1. The minimum absolute atomic E-state index is 0.0283. The highest BCUT2D eigenvalue weighted by molar-refractivity contribution is 5.96. The second-order valence-corrected chi connectivity index (χ2v) is 15.5. The fourth-order valence-corrected chi connectivity index (χ4v) is 8.02. The second-order valence-electron chi connectivity index (χ2n) is 15.5. The normalized spacial score (nSPS) is 14.0. The maximum atomic E-state index is 13.1. The van der Waals surface area contributed by atoms with Crippen molar-refractivity contribution in [1.82, 2.24) is 34.9 Å². The molecule has 1 saturated heterocycles. The summed E-state index contributed by atoms with van der Waals surface area (Å²) in [4.78, 5) is 41.5. The van der Waals surface area contributed by atoms with Crippen LogP contribution in [0, 0.1) is 0 Å². The molecule has 0 unspecified atom stereocenters. The van der Waals surface area contributed by atoms with E-state index in [0.717, 1.165) is 39.1 Å². The van der Waals surface area contributed by atoms with E-state index in [9.17, 15) is 30.0 Å². The van der Waals surface area contributed by atoms with Crippen molar-refractivity contribution in [2.75, 3.05) is 54.4 Å². The molecule has 4 heterocycles. The van der Waals surface area contributed by atoms with Gasteiger partial charge in [-0.25, -0.2) is 9.55 Å². The summed E-state index contributed by atoms with van der Waals surface area (Å²) in [6.45, 7) is 11.5. The summed E-state index contributed by atoms with van der Waals surface area (Å²) in [5, 5.41) is 58.3. The Hall–Kier alpha value is -7.36. The first-order valence-corrected chi connectivity index (χ1v) is 20.3. The van der Waals surface area contributed by atoms with Crippen LogP contribution in [0.4, 0.5) is 17.5 Å². The third-order valence-corrected chi connectivity index (χ3v) is 11.2. The number of hydrogen-bond acceptors (Lipinski definition) is 13. The minimum atomic E-state index is -0.373. The zero-order valence-corrected chi connectivity index (χ0v) is 34.0. The van der Waals surface area contributed by atoms with E-state index in [1.54, 1.807) is 35.2 Å². The molecule has 16 heteroatoms. The Morgan fingerprint density at radius 1 is 0.869 bits per heavy atom. The molecule has 8 rings (SSSR count). The zero-order chi connectivity index (χ0) is 42.8. The molecule has 314 valence electrons. The predicted octanol–water partition coefficient (Wildman–Crippen LogP) is 5.34. The highest BCUT2D eigenvalue weighted by Crippen LogP contribution is 2.39. The topological polar surface area (TPSA) is 205 Å². The Kier molecular flexibility index (Phi) is 11.3. The summed E-state index contributed by atoms with van der Waals surface area (Å²) in [5.74, 6) is 1.08. The van der Waals surface area contributed by atoms with Crippen LogP contribution in [0.1, 0.15) is 48.6 Å². The van der Waals surface area contributed by atoms with E-state index in [1.165, 1.54) is 16.7 Å². The quantitative estimate of drug-likeness (QED) is 0.0864. The van der Waals surface area contributed by atoms with Gasteiger partial charge in [0.25, 0.3) is 0 Å². The van der Waals surface area contributed by atoms with Crippen LogP contribution in [0.25, 0.3) is 27.8 Å². The molecule has 1 fully saturated rings. The number of phenols is 3. The van der Waals surface area contributed by atoms with Gasteiger partial charge in [0.2, 0.25) is 17.8 Å². The van der Waals surface area contributed by atoms with Crippen molar-refractivity contribution in [1.29, 1.82) is 0 Å². The maximum Gasteiger partial charge on any atom is 0.319 e. The number of phenolic OH excluding ortho intramolecular Hbond substituents is 3. The van der Waals surface area contributed by atoms with Crippen LogP contribution in [-0.2, 0) is 29.1 Å². The van der Waals surface area contributed by atoms with Gasteiger partial charge in [0.05, 0.1) is 23.5 Å². The third-order valence-electron chi connectivity index (χ3n) is 11.2. The predicted molar refractivity (Wildman–Crippen MR) is 232 cm³/mol. The van der Waals surface area contributed by atoms with Crippen molar-refractivity contribution in [2.24, 2.45) is 0 Å². The maximum absolute atomic E-state index is 13.1. The molecule has 61 heavy (non-hydrogen) atoms. The number of amides is 2. The van der Waals surface area contributed by atoms with Crippen LogP contribution < -0.4 is 20.4 Å². The van der Waals surface area contributed by atoms with Crippen LogP contribution in [0.5, 0.6) is 23.3 Å². The van der Waals surface area contributed by atoms with Crippen molar-refractivity contribution in [2.45, 2.75) is 45.7 Å². The summed E-state index contributed by atoms with van der Waals surface area (Å²) < 4.78 is 1.40. The number of carbonyl (C=O) groups is 2. The second kappa shape index (κ2) is 17.1. The van der Waals surface area contributed by atoms with Gasteiger partial charge in [-0.1, -0.05) is 61.9 Å². The van der Waals surface area contributed by atoms with Gasteiger partial charge in [0.15, 0.2) is 5.82 Å². The standard InChI is InChI=1S/C45H48N10O6/c1-4-41(60)52-17-19-53(20-18-52)42-33-14-16-54(37-22-31(56)21-29-7-5-6-8-32(29)37)26-36(33)48-44(49-42)46-15-13-40(59)47-25-28-9-11-30(12-10-28)55-43(50-51-45(55)61)35-23-34(27(2)3)38(57)24-39(35)58/h4-12,21-24,27,56-58H,1,13-20,25-26H2,2-3H3,(H,47,59)(H,51,61)(H,46,48,49). The Balaban J connectivity index is 0.937. The molecule has 6 N–H and O–H groups in total. The third kappa shape index (κ3) is 8.42. The van der Waals surface area contributed by atoms with Crippen LogP contribution in [-0.4, -0.2) is 101 Å². The number of nitrogens with zero attached hydrogens (tertiary/aromatic N) is 8. The lowest BCUT2D eigenvalue weighted by molar-refractivity contribution is -0.126. The van der Waals surface area contributed by atoms with E-state index in [4.69, 9.17) is 9.97 Å². The lowest BCUT2D eigenvalue weighted by Gasteiger charge is -2.38. The number of fused-ring (bicyclic) bond motifs is 2. The van der Waals surface area contributed by atoms with E-state index in [-0.39, 0.29) is 66.3 Å². The van der Waals surface area contributed by atoms with E-state index in [1.807, 2.05) is 44.2 Å². The molecule has 6 aromatic rings. The van der Waals surface area contributed by atoms with Crippen LogP contribution in [0.2, 0.25) is 0 Å². The molecule has 2 amide bonds. The van der Waals surface area contributed by atoms with Crippen LogP contribution >= 0.6 is 0 Å². The van der Waals surface area contributed by atoms with Gasteiger partial charge in [-0.2, -0.15) is 4.98 Å². The molecule has 0 aliphatic carbocycles. The first-order valence-electron chi connectivity index (χ1n) is 20.3. The number of rotatable bonds is 12. The number of anilines is 3. The van der Waals surface area contributed by atoms with Gasteiger partial charge >= 0.3 is 6.01 Å². The summed E-state index contributed by atoms with van der Waals surface area (Å²) in [7, 11) is 0. The number of benzene rings is 4. The van der Waals surface area contributed by atoms with Gasteiger partial charge in [0.1, 0.15) is 23.1 Å². The van der Waals surface area contributed by atoms with Crippen molar-refractivity contribution in [3.05, 3.63) is 108 Å². The highest BCUT2D eigenvalue weighted by Gasteiger charge is 2.29. The van der Waals surface area contributed by atoms with E-state index in [0.29, 0.717) is 68.5 Å². The monoisotopic (exact) mass is 824 g/mol. The van der Waals surface area contributed by atoms with Gasteiger partial charge in [0, 0.05) is 81.0 Å². The molecular formula is C45H48N10O6. The smallest absolute Gasteiger partial charge is 0.319 e. The first-order chi connectivity index (χ1) is 29.5. The molecule has 2 aromatic heterocycles. The summed E-state index contributed by atoms with van der Waals surface area (Å²) in [5.41, 5.74) is 5.10. The number of piperazine rings is 1. The highest BCUT2D eigenvalue weighted by atomic mass is 16.3. The summed E-state index contributed by atoms with van der Waals surface area (Å²) in [6.07, 6.45) is 2.19. The molecule has 2 aliphatic rings. The number of nitrogens with one attached hydrogen (secondary N) is 2. The first kappa shape index (κ1) is 40.4. The van der Waals surface area contributed by atoms with Crippen molar-refractivity contribution >= 4 is 40.0 Å². The molecular weight excluding hydrogens is 777 g/mol. The Labute approximate surface area is 352 Å². The van der Waals surface area contributed by atoms with Gasteiger partial charge in [-0.05, 0) is 59.2 Å². The lowest BCUT2D eigenvalue weighted by atomic mass is 9.98. The fraction of sp³-hybridized carbons (Fsp3) is 0.289. The Morgan fingerprint density at radius 2 is 1.64 bits per heavy atom. The fourth-order valence-electron chi connectivity index (χ4n) is 8.02. The van der Waals surface area contributed by atoms with E-state index in [2.05, 4.69) is 43.3 Å². The summed E-state index contributed by atoms with van der Waals surface area (Å²) in [6, 6.07) is 21.2. The molecule has 0 saturated carbocycles. The van der Waals surface area contributed by atoms with Gasteiger partial charge in [-0.3, -0.25) is 9.59 Å². The zero-order valence-electron chi connectivity index (χ0n) is 34.0. The molecule has 0 atom stereocenters. The van der Waals surface area contributed by atoms with Crippen molar-refractivity contribution < 1.29 is 30.0 Å². The molecule has 2 aliphatic heterocycles. The lowest BCUT2D eigenvalue weighted by Crippen LogP contribution is -2.49. The van der Waals surface area contributed by atoms with Gasteiger partial charge in [-0.15, -0.1) is 5.10 Å². The Morgan fingerprint density at radius 3 is 2.39 bits per heavy atom.